The van der Waals surface area contributed by atoms with Crippen molar-refractivity contribution in [2.45, 2.75) is 6.42 Å². The van der Waals surface area contributed by atoms with Gasteiger partial charge in [-0.2, -0.15) is 0 Å². The third-order valence-electron chi connectivity index (χ3n) is 2.44. The molecule has 1 saturated heterocycles. The van der Waals surface area contributed by atoms with Crippen molar-refractivity contribution in [2.75, 3.05) is 23.7 Å². The molecule has 0 saturated carbocycles. The highest BCUT2D eigenvalue weighted by molar-refractivity contribution is 5.99. The number of H-pyrrole nitrogens is 1. The number of carbonyl (C=O) groups is 1. The predicted octanol–water partition coefficient (Wildman–Crippen LogP) is -0.135. The fourth-order valence-corrected chi connectivity index (χ4v) is 1.57. The highest BCUT2D eigenvalue weighted by atomic mass is 16.4. The van der Waals surface area contributed by atoms with Crippen LogP contribution in [0.25, 0.3) is 0 Å². The molecule has 0 amide bonds. The smallest absolute Gasteiger partial charge is 0.341 e. The number of rotatable bonds is 2. The average Bonchev–Trinajstić information content (AvgIpc) is 1.97. The molecule has 80 valence electrons. The zero-order valence-electron chi connectivity index (χ0n) is 7.99. The van der Waals surface area contributed by atoms with E-state index in [0.717, 1.165) is 25.6 Å². The highest BCUT2D eigenvalue weighted by Gasteiger charge is 2.24. The van der Waals surface area contributed by atoms with E-state index in [2.05, 4.69) is 4.98 Å². The largest absolute Gasteiger partial charge is 0.477 e. The summed E-state index contributed by atoms with van der Waals surface area (Å²) in [6.07, 6.45) is 0.996. The number of nitrogens with zero attached hydrogens (tertiary/aromatic N) is 1. The summed E-state index contributed by atoms with van der Waals surface area (Å²) in [6.45, 7) is 1.50. The number of carboxylic acid groups (broad SMARTS) is 1. The molecule has 0 atom stereocenters. The van der Waals surface area contributed by atoms with E-state index in [0.29, 0.717) is 5.82 Å². The number of nitrogen functional groups attached to an aromatic ring is 1. The van der Waals surface area contributed by atoms with E-state index in [4.69, 9.17) is 10.8 Å². The first kappa shape index (κ1) is 9.57. The van der Waals surface area contributed by atoms with Crippen LogP contribution in [0.3, 0.4) is 0 Å². The average molecular weight is 209 g/mol. The number of carboxylic acids is 1. The summed E-state index contributed by atoms with van der Waals surface area (Å²) in [5.41, 5.74) is 5.13. The SMILES string of the molecule is Nc1cc(=O)[nH]c(N2CCC2)c1C(=O)O. The lowest BCUT2D eigenvalue weighted by Crippen LogP contribution is -2.40. The molecule has 1 aliphatic heterocycles. The summed E-state index contributed by atoms with van der Waals surface area (Å²) in [5, 5.41) is 8.98. The van der Waals surface area contributed by atoms with Gasteiger partial charge in [0.05, 0.1) is 5.69 Å². The molecule has 1 aromatic rings. The molecule has 0 unspecified atom stereocenters. The zero-order chi connectivity index (χ0) is 11.0. The van der Waals surface area contributed by atoms with Crippen molar-refractivity contribution >= 4 is 17.5 Å². The van der Waals surface area contributed by atoms with Crippen LogP contribution in [-0.2, 0) is 0 Å². The third kappa shape index (κ3) is 1.54. The Morgan fingerprint density at radius 2 is 2.20 bits per heavy atom. The van der Waals surface area contributed by atoms with Gasteiger partial charge in [0.1, 0.15) is 11.4 Å². The number of nitrogens with two attached hydrogens (primary N) is 1. The van der Waals surface area contributed by atoms with Crippen LogP contribution >= 0.6 is 0 Å². The molecule has 1 aromatic heterocycles. The molecule has 0 bridgehead atoms. The van der Waals surface area contributed by atoms with Gasteiger partial charge in [-0.15, -0.1) is 0 Å². The van der Waals surface area contributed by atoms with E-state index in [-0.39, 0.29) is 16.8 Å². The van der Waals surface area contributed by atoms with Crippen LogP contribution in [0.5, 0.6) is 0 Å². The van der Waals surface area contributed by atoms with Gasteiger partial charge in [-0.05, 0) is 6.42 Å². The van der Waals surface area contributed by atoms with Gasteiger partial charge in [-0.3, -0.25) is 4.79 Å². The first-order valence-electron chi connectivity index (χ1n) is 4.60. The molecule has 0 aromatic carbocycles. The molecule has 6 nitrogen and oxygen atoms in total. The van der Waals surface area contributed by atoms with Crippen LogP contribution in [0.15, 0.2) is 10.9 Å². The molecule has 1 aliphatic rings. The van der Waals surface area contributed by atoms with Crippen molar-refractivity contribution in [3.8, 4) is 0 Å². The minimum Gasteiger partial charge on any atom is -0.477 e. The maximum absolute atomic E-state index is 11.2. The van der Waals surface area contributed by atoms with Gasteiger partial charge < -0.3 is 20.7 Å². The Bertz CT molecular complexity index is 462. The number of aromatic carboxylic acids is 1. The highest BCUT2D eigenvalue weighted by Crippen LogP contribution is 2.25. The Hall–Kier alpha value is -1.98. The van der Waals surface area contributed by atoms with Crippen LogP contribution in [0.4, 0.5) is 11.5 Å². The van der Waals surface area contributed by atoms with Crippen molar-refractivity contribution in [2.24, 2.45) is 0 Å². The number of aromatic nitrogens is 1. The number of hydrogen-bond donors (Lipinski definition) is 3. The lowest BCUT2D eigenvalue weighted by atomic mass is 10.1. The van der Waals surface area contributed by atoms with Gasteiger partial charge in [0.15, 0.2) is 0 Å². The fourth-order valence-electron chi connectivity index (χ4n) is 1.57. The summed E-state index contributed by atoms with van der Waals surface area (Å²) in [6, 6.07) is 1.09. The summed E-state index contributed by atoms with van der Waals surface area (Å²) in [5.74, 6) is -0.801. The van der Waals surface area contributed by atoms with E-state index in [1.54, 1.807) is 4.90 Å². The zero-order valence-corrected chi connectivity index (χ0v) is 7.99. The molecule has 1 fully saturated rings. The van der Waals surface area contributed by atoms with Crippen LogP contribution in [0.2, 0.25) is 0 Å². The monoisotopic (exact) mass is 209 g/mol. The molecular weight excluding hydrogens is 198 g/mol. The van der Waals surface area contributed by atoms with E-state index < -0.39 is 5.97 Å². The Morgan fingerprint density at radius 3 is 2.67 bits per heavy atom. The molecule has 2 heterocycles. The number of nitrogens with one attached hydrogen (secondary N) is 1. The first-order chi connectivity index (χ1) is 7.09. The second kappa shape index (κ2) is 3.30. The summed E-state index contributed by atoms with van der Waals surface area (Å²) in [7, 11) is 0. The number of anilines is 2. The van der Waals surface area contributed by atoms with Gasteiger partial charge in [-0.25, -0.2) is 4.79 Å². The molecule has 0 spiro atoms. The van der Waals surface area contributed by atoms with Crippen LogP contribution in [0.1, 0.15) is 16.8 Å². The van der Waals surface area contributed by atoms with Gasteiger partial charge >= 0.3 is 5.97 Å². The van der Waals surface area contributed by atoms with Crippen LogP contribution in [0, 0.1) is 0 Å². The maximum atomic E-state index is 11.2. The maximum Gasteiger partial charge on any atom is 0.341 e. The van der Waals surface area contributed by atoms with Crippen molar-refractivity contribution in [3.05, 3.63) is 22.0 Å². The standard InChI is InChI=1S/C9H11N3O3/c10-5-4-6(13)11-8(7(5)9(14)15)12-2-1-3-12/h4H,1-3H2,(H,14,15)(H3,10,11,13). The molecule has 0 radical (unpaired) electrons. The van der Waals surface area contributed by atoms with Crippen molar-refractivity contribution in [3.63, 3.8) is 0 Å². The minimum absolute atomic E-state index is 0.00755. The topological polar surface area (TPSA) is 99.4 Å². The first-order valence-corrected chi connectivity index (χ1v) is 4.60. The molecule has 0 aliphatic carbocycles. The Labute approximate surface area is 85.3 Å². The number of pyridine rings is 1. The molecule has 6 heteroatoms. The molecular formula is C9H11N3O3. The summed E-state index contributed by atoms with van der Waals surface area (Å²) in [4.78, 5) is 26.4. The van der Waals surface area contributed by atoms with E-state index >= 15 is 0 Å². The second-order valence-corrected chi connectivity index (χ2v) is 3.46. The van der Waals surface area contributed by atoms with E-state index in [1.807, 2.05) is 0 Å². The fraction of sp³-hybridized carbons (Fsp3) is 0.333. The van der Waals surface area contributed by atoms with Gasteiger partial charge in [-0.1, -0.05) is 0 Å². The summed E-state index contributed by atoms with van der Waals surface area (Å²) < 4.78 is 0. The van der Waals surface area contributed by atoms with Crippen molar-refractivity contribution in [1.82, 2.24) is 4.98 Å². The van der Waals surface area contributed by atoms with Crippen molar-refractivity contribution < 1.29 is 9.90 Å². The second-order valence-electron chi connectivity index (χ2n) is 3.46. The predicted molar refractivity (Wildman–Crippen MR) is 55.3 cm³/mol. The lowest BCUT2D eigenvalue weighted by molar-refractivity contribution is 0.0698. The quantitative estimate of drug-likeness (QED) is 0.629. The van der Waals surface area contributed by atoms with Gasteiger partial charge in [0.25, 0.3) is 5.56 Å². The van der Waals surface area contributed by atoms with Crippen LogP contribution in [-0.4, -0.2) is 29.1 Å². The van der Waals surface area contributed by atoms with Crippen molar-refractivity contribution in [1.29, 1.82) is 0 Å². The number of hydrogen-bond acceptors (Lipinski definition) is 4. The van der Waals surface area contributed by atoms with E-state index in [1.165, 1.54) is 0 Å². The lowest BCUT2D eigenvalue weighted by Gasteiger charge is -2.33. The van der Waals surface area contributed by atoms with Gasteiger partial charge in [0.2, 0.25) is 0 Å². The van der Waals surface area contributed by atoms with E-state index in [9.17, 15) is 9.59 Å². The van der Waals surface area contributed by atoms with Gasteiger partial charge in [0, 0.05) is 19.2 Å². The normalized spacial score (nSPS) is 14.8. The summed E-state index contributed by atoms with van der Waals surface area (Å²) >= 11 is 0. The minimum atomic E-state index is -1.12. The number of aromatic amines is 1. The molecule has 15 heavy (non-hydrogen) atoms. The molecule has 4 N–H and O–H groups in total. The Balaban J connectivity index is 2.58. The Morgan fingerprint density at radius 1 is 1.53 bits per heavy atom. The molecule has 2 rings (SSSR count). The third-order valence-corrected chi connectivity index (χ3v) is 2.44. The Kier molecular flexibility index (Phi) is 2.11. The van der Waals surface area contributed by atoms with Crippen LogP contribution < -0.4 is 16.2 Å².